The number of benzene rings is 1. The number of nitrogens with two attached hydrogens (primary N) is 1. The molecule has 3 heteroatoms. The van der Waals surface area contributed by atoms with Crippen LogP contribution in [0.25, 0.3) is 11.3 Å². The van der Waals surface area contributed by atoms with E-state index in [-0.39, 0.29) is 6.04 Å². The van der Waals surface area contributed by atoms with E-state index in [4.69, 9.17) is 5.73 Å². The highest BCUT2D eigenvalue weighted by Gasteiger charge is 2.17. The molecule has 1 unspecified atom stereocenters. The van der Waals surface area contributed by atoms with Crippen molar-refractivity contribution >= 4 is 0 Å². The molecule has 2 heterocycles. The Labute approximate surface area is 101 Å². The minimum absolute atomic E-state index is 0.274. The molecule has 0 bridgehead atoms. The first-order chi connectivity index (χ1) is 8.22. The van der Waals surface area contributed by atoms with Gasteiger partial charge in [-0.25, -0.2) is 4.98 Å². The van der Waals surface area contributed by atoms with Gasteiger partial charge in [-0.1, -0.05) is 29.8 Å². The van der Waals surface area contributed by atoms with Gasteiger partial charge in [-0.05, 0) is 13.3 Å². The zero-order valence-electron chi connectivity index (χ0n) is 10.1. The lowest BCUT2D eigenvalue weighted by atomic mass is 10.1. The van der Waals surface area contributed by atoms with E-state index in [9.17, 15) is 0 Å². The Morgan fingerprint density at radius 3 is 2.82 bits per heavy atom. The summed E-state index contributed by atoms with van der Waals surface area (Å²) in [7, 11) is 0. The van der Waals surface area contributed by atoms with Crippen LogP contribution in [0.15, 0.2) is 30.5 Å². The molecule has 0 spiro atoms. The quantitative estimate of drug-likeness (QED) is 0.811. The van der Waals surface area contributed by atoms with Crippen LogP contribution >= 0.6 is 0 Å². The zero-order chi connectivity index (χ0) is 11.8. The number of rotatable bonds is 1. The molecular weight excluding hydrogens is 210 g/mol. The standard InChI is InChI=1S/C14H17N3/c1-10-2-4-11(5-3-10)13-9-17-7-6-12(15)8-14(17)16-13/h2-5,9,12H,6-8,15H2,1H3. The molecule has 0 amide bonds. The fraction of sp³-hybridized carbons (Fsp3) is 0.357. The van der Waals surface area contributed by atoms with Crippen molar-refractivity contribution in [3.05, 3.63) is 41.9 Å². The lowest BCUT2D eigenvalue weighted by Gasteiger charge is -2.18. The van der Waals surface area contributed by atoms with E-state index in [1.165, 1.54) is 11.1 Å². The summed E-state index contributed by atoms with van der Waals surface area (Å²) in [5.74, 6) is 1.12. The lowest BCUT2D eigenvalue weighted by Crippen LogP contribution is -2.30. The summed E-state index contributed by atoms with van der Waals surface area (Å²) in [4.78, 5) is 4.68. The molecule has 0 fully saturated rings. The summed E-state index contributed by atoms with van der Waals surface area (Å²) < 4.78 is 2.23. The summed E-state index contributed by atoms with van der Waals surface area (Å²) in [5, 5.41) is 0. The van der Waals surface area contributed by atoms with Crippen LogP contribution in [0.2, 0.25) is 0 Å². The summed E-state index contributed by atoms with van der Waals surface area (Å²) >= 11 is 0. The molecule has 2 N–H and O–H groups in total. The molecule has 3 rings (SSSR count). The van der Waals surface area contributed by atoms with Crippen molar-refractivity contribution in [3.8, 4) is 11.3 Å². The Morgan fingerprint density at radius 1 is 1.29 bits per heavy atom. The average molecular weight is 227 g/mol. The van der Waals surface area contributed by atoms with Crippen LogP contribution in [0.5, 0.6) is 0 Å². The van der Waals surface area contributed by atoms with E-state index in [2.05, 4.69) is 46.9 Å². The average Bonchev–Trinajstić information content (AvgIpc) is 2.72. The monoisotopic (exact) mass is 227 g/mol. The topological polar surface area (TPSA) is 43.8 Å². The Bertz CT molecular complexity index is 525. The molecule has 1 aromatic carbocycles. The first kappa shape index (κ1) is 10.5. The summed E-state index contributed by atoms with van der Waals surface area (Å²) in [6.07, 6.45) is 4.09. The van der Waals surface area contributed by atoms with Crippen molar-refractivity contribution in [1.29, 1.82) is 0 Å². The molecule has 0 saturated heterocycles. The SMILES string of the molecule is Cc1ccc(-c2cn3c(n2)CC(N)CC3)cc1. The molecular formula is C14H17N3. The van der Waals surface area contributed by atoms with Gasteiger partial charge in [0.25, 0.3) is 0 Å². The van der Waals surface area contributed by atoms with Gasteiger partial charge >= 0.3 is 0 Å². The third-order valence-corrected chi connectivity index (χ3v) is 3.39. The number of hydrogen-bond donors (Lipinski definition) is 1. The van der Waals surface area contributed by atoms with Gasteiger partial charge in [0.1, 0.15) is 5.82 Å². The number of aromatic nitrogens is 2. The van der Waals surface area contributed by atoms with Crippen LogP contribution in [0, 0.1) is 6.92 Å². The maximum Gasteiger partial charge on any atom is 0.110 e. The number of fused-ring (bicyclic) bond motifs is 1. The fourth-order valence-corrected chi connectivity index (χ4v) is 2.32. The highest BCUT2D eigenvalue weighted by molar-refractivity contribution is 5.59. The highest BCUT2D eigenvalue weighted by Crippen LogP contribution is 2.22. The predicted octanol–water partition coefficient (Wildman–Crippen LogP) is 2.13. The van der Waals surface area contributed by atoms with Gasteiger partial charge in [-0.2, -0.15) is 0 Å². The van der Waals surface area contributed by atoms with E-state index in [0.717, 1.165) is 30.9 Å². The summed E-state index contributed by atoms with van der Waals surface area (Å²) in [6, 6.07) is 8.78. The fourth-order valence-electron chi connectivity index (χ4n) is 2.32. The largest absolute Gasteiger partial charge is 0.334 e. The second-order valence-electron chi connectivity index (χ2n) is 4.85. The minimum Gasteiger partial charge on any atom is -0.334 e. The van der Waals surface area contributed by atoms with Crippen LogP contribution in [0.4, 0.5) is 0 Å². The molecule has 0 saturated carbocycles. The molecule has 0 radical (unpaired) electrons. The third kappa shape index (κ3) is 1.98. The van der Waals surface area contributed by atoms with Gasteiger partial charge in [0.05, 0.1) is 5.69 Å². The van der Waals surface area contributed by atoms with Gasteiger partial charge in [0, 0.05) is 30.8 Å². The molecule has 1 atom stereocenters. The van der Waals surface area contributed by atoms with Gasteiger partial charge in [0.2, 0.25) is 0 Å². The van der Waals surface area contributed by atoms with Crippen molar-refractivity contribution in [2.24, 2.45) is 5.73 Å². The lowest BCUT2D eigenvalue weighted by molar-refractivity contribution is 0.463. The van der Waals surface area contributed by atoms with E-state index < -0.39 is 0 Å². The molecule has 1 aromatic heterocycles. The molecule has 1 aliphatic rings. The molecule has 3 nitrogen and oxygen atoms in total. The Balaban J connectivity index is 1.97. The highest BCUT2D eigenvalue weighted by atomic mass is 15.1. The van der Waals surface area contributed by atoms with Gasteiger partial charge in [-0.15, -0.1) is 0 Å². The van der Waals surface area contributed by atoms with Crippen molar-refractivity contribution < 1.29 is 0 Å². The molecule has 2 aromatic rings. The van der Waals surface area contributed by atoms with Crippen LogP contribution in [-0.2, 0) is 13.0 Å². The van der Waals surface area contributed by atoms with E-state index in [1.54, 1.807) is 0 Å². The minimum atomic E-state index is 0.274. The second-order valence-corrected chi connectivity index (χ2v) is 4.85. The van der Waals surface area contributed by atoms with E-state index in [0.29, 0.717) is 0 Å². The number of hydrogen-bond acceptors (Lipinski definition) is 2. The second kappa shape index (κ2) is 4.00. The Hall–Kier alpha value is -1.61. The maximum atomic E-state index is 5.96. The van der Waals surface area contributed by atoms with Crippen molar-refractivity contribution in [2.75, 3.05) is 0 Å². The summed E-state index contributed by atoms with van der Waals surface area (Å²) in [5.41, 5.74) is 9.49. The molecule has 88 valence electrons. The predicted molar refractivity (Wildman–Crippen MR) is 68.7 cm³/mol. The number of aryl methyl sites for hydroxylation is 2. The van der Waals surface area contributed by atoms with Crippen LogP contribution in [0.1, 0.15) is 17.8 Å². The normalized spacial score (nSPS) is 19.1. The van der Waals surface area contributed by atoms with E-state index >= 15 is 0 Å². The molecule has 1 aliphatic heterocycles. The molecule has 0 aliphatic carbocycles. The van der Waals surface area contributed by atoms with Gasteiger partial charge in [-0.3, -0.25) is 0 Å². The third-order valence-electron chi connectivity index (χ3n) is 3.39. The van der Waals surface area contributed by atoms with E-state index in [1.807, 2.05) is 0 Å². The first-order valence-electron chi connectivity index (χ1n) is 6.11. The van der Waals surface area contributed by atoms with Crippen molar-refractivity contribution in [3.63, 3.8) is 0 Å². The number of imidazole rings is 1. The van der Waals surface area contributed by atoms with Gasteiger partial charge < -0.3 is 10.3 Å². The Kier molecular flexibility index (Phi) is 2.48. The zero-order valence-corrected chi connectivity index (χ0v) is 10.1. The summed E-state index contributed by atoms with van der Waals surface area (Å²) in [6.45, 7) is 3.09. The number of nitrogens with zero attached hydrogens (tertiary/aromatic N) is 2. The van der Waals surface area contributed by atoms with Crippen molar-refractivity contribution in [1.82, 2.24) is 9.55 Å². The maximum absolute atomic E-state index is 5.96. The van der Waals surface area contributed by atoms with Crippen molar-refractivity contribution in [2.45, 2.75) is 32.4 Å². The van der Waals surface area contributed by atoms with Crippen LogP contribution in [0.3, 0.4) is 0 Å². The smallest absolute Gasteiger partial charge is 0.110 e. The Morgan fingerprint density at radius 2 is 2.06 bits per heavy atom. The van der Waals surface area contributed by atoms with Crippen LogP contribution in [-0.4, -0.2) is 15.6 Å². The first-order valence-corrected chi connectivity index (χ1v) is 6.11. The molecule has 17 heavy (non-hydrogen) atoms. The van der Waals surface area contributed by atoms with Gasteiger partial charge in [0.15, 0.2) is 0 Å². The van der Waals surface area contributed by atoms with Crippen LogP contribution < -0.4 is 5.73 Å².